The summed E-state index contributed by atoms with van der Waals surface area (Å²) < 4.78 is 1.83. The Kier molecular flexibility index (Phi) is 6.12. The first kappa shape index (κ1) is 18.0. The first-order chi connectivity index (χ1) is 12.1. The van der Waals surface area contributed by atoms with Gasteiger partial charge in [-0.3, -0.25) is 9.36 Å². The van der Waals surface area contributed by atoms with Crippen LogP contribution in [0.4, 0.5) is 0 Å². The molecule has 0 aliphatic rings. The number of thioether (sulfide) groups is 1. The molecule has 8 heteroatoms. The summed E-state index contributed by atoms with van der Waals surface area (Å²) in [4.78, 5) is 13.6. The maximum absolute atomic E-state index is 12.3. The standard InChI is InChI=1S/C17H17ClN4OS2/c1-12(16(23)19-8-7-15-6-3-9-24-15)25-17-21-20-11-22(17)14-5-2-4-13(18)10-14/h2-6,9-12H,7-8H2,1H3,(H,19,23). The van der Waals surface area contributed by atoms with Crippen LogP contribution in [-0.4, -0.2) is 32.5 Å². The van der Waals surface area contributed by atoms with Gasteiger partial charge in [-0.05, 0) is 43.0 Å². The van der Waals surface area contributed by atoms with Gasteiger partial charge in [-0.1, -0.05) is 35.5 Å². The quantitative estimate of drug-likeness (QED) is 0.621. The zero-order valence-electron chi connectivity index (χ0n) is 13.6. The van der Waals surface area contributed by atoms with Crippen LogP contribution < -0.4 is 5.32 Å². The summed E-state index contributed by atoms with van der Waals surface area (Å²) in [5.74, 6) is -0.0119. The predicted octanol–water partition coefficient (Wildman–Crippen LogP) is 3.82. The lowest BCUT2D eigenvalue weighted by Crippen LogP contribution is -2.32. The number of rotatable bonds is 7. The maximum atomic E-state index is 12.3. The van der Waals surface area contributed by atoms with E-state index in [0.717, 1.165) is 12.1 Å². The van der Waals surface area contributed by atoms with Gasteiger partial charge >= 0.3 is 0 Å². The number of hydrogen-bond acceptors (Lipinski definition) is 5. The van der Waals surface area contributed by atoms with Gasteiger partial charge in [0, 0.05) is 16.4 Å². The van der Waals surface area contributed by atoms with Crippen LogP contribution in [0.3, 0.4) is 0 Å². The molecule has 1 N–H and O–H groups in total. The molecule has 0 aliphatic heterocycles. The van der Waals surface area contributed by atoms with Crippen LogP contribution in [0.1, 0.15) is 11.8 Å². The van der Waals surface area contributed by atoms with Gasteiger partial charge in [0.1, 0.15) is 6.33 Å². The van der Waals surface area contributed by atoms with Crippen LogP contribution in [0.25, 0.3) is 5.69 Å². The van der Waals surface area contributed by atoms with Crippen LogP contribution in [0, 0.1) is 0 Å². The topological polar surface area (TPSA) is 59.8 Å². The van der Waals surface area contributed by atoms with Crippen molar-refractivity contribution in [2.24, 2.45) is 0 Å². The van der Waals surface area contributed by atoms with Crippen molar-refractivity contribution in [1.29, 1.82) is 0 Å². The van der Waals surface area contributed by atoms with E-state index >= 15 is 0 Å². The van der Waals surface area contributed by atoms with Crippen LogP contribution in [0.5, 0.6) is 0 Å². The fourth-order valence-electron chi connectivity index (χ4n) is 2.23. The van der Waals surface area contributed by atoms with Crippen molar-refractivity contribution in [1.82, 2.24) is 20.1 Å². The molecule has 130 valence electrons. The van der Waals surface area contributed by atoms with Gasteiger partial charge in [-0.2, -0.15) is 0 Å². The summed E-state index contributed by atoms with van der Waals surface area (Å²) in [6.45, 7) is 2.49. The van der Waals surface area contributed by atoms with Crippen LogP contribution in [-0.2, 0) is 11.2 Å². The van der Waals surface area contributed by atoms with Crippen molar-refractivity contribution >= 4 is 40.6 Å². The van der Waals surface area contributed by atoms with Crippen LogP contribution >= 0.6 is 34.7 Å². The van der Waals surface area contributed by atoms with Gasteiger partial charge in [-0.25, -0.2) is 0 Å². The highest BCUT2D eigenvalue weighted by molar-refractivity contribution is 8.00. The molecule has 2 aromatic heterocycles. The van der Waals surface area contributed by atoms with E-state index in [1.165, 1.54) is 16.6 Å². The van der Waals surface area contributed by atoms with E-state index in [2.05, 4.69) is 21.6 Å². The second-order valence-electron chi connectivity index (χ2n) is 5.34. The molecule has 0 bridgehead atoms. The lowest BCUT2D eigenvalue weighted by atomic mass is 10.3. The van der Waals surface area contributed by atoms with Gasteiger partial charge in [0.15, 0.2) is 5.16 Å². The smallest absolute Gasteiger partial charge is 0.233 e. The zero-order valence-corrected chi connectivity index (χ0v) is 15.9. The number of amides is 1. The van der Waals surface area contributed by atoms with E-state index in [1.54, 1.807) is 17.7 Å². The molecule has 0 fully saturated rings. The van der Waals surface area contributed by atoms with Crippen molar-refractivity contribution < 1.29 is 4.79 Å². The minimum atomic E-state index is -0.273. The number of nitrogens with zero attached hydrogens (tertiary/aromatic N) is 3. The summed E-state index contributed by atoms with van der Waals surface area (Å²) in [5.41, 5.74) is 0.866. The summed E-state index contributed by atoms with van der Waals surface area (Å²) in [7, 11) is 0. The first-order valence-electron chi connectivity index (χ1n) is 7.76. The Balaban J connectivity index is 1.58. The summed E-state index contributed by atoms with van der Waals surface area (Å²) in [6, 6.07) is 11.5. The number of aromatic nitrogens is 3. The predicted molar refractivity (Wildman–Crippen MR) is 103 cm³/mol. The SMILES string of the molecule is CC(Sc1nncn1-c1cccc(Cl)c1)C(=O)NCCc1cccs1. The molecule has 1 atom stereocenters. The molecule has 0 spiro atoms. The van der Waals surface area contributed by atoms with Crippen molar-refractivity contribution in [3.63, 3.8) is 0 Å². The van der Waals surface area contributed by atoms with Crippen molar-refractivity contribution in [2.45, 2.75) is 23.8 Å². The number of benzene rings is 1. The fourth-order valence-corrected chi connectivity index (χ4v) is 3.99. The summed E-state index contributed by atoms with van der Waals surface area (Å²) >= 11 is 9.11. The highest BCUT2D eigenvalue weighted by atomic mass is 35.5. The Labute approximate surface area is 159 Å². The van der Waals surface area contributed by atoms with E-state index in [-0.39, 0.29) is 11.2 Å². The molecule has 0 aliphatic carbocycles. The third-order valence-electron chi connectivity index (χ3n) is 3.50. The largest absolute Gasteiger partial charge is 0.355 e. The number of nitrogens with one attached hydrogen (secondary N) is 1. The van der Waals surface area contributed by atoms with Gasteiger partial charge in [0.2, 0.25) is 5.91 Å². The molecule has 2 heterocycles. The second kappa shape index (κ2) is 8.51. The molecule has 1 amide bonds. The lowest BCUT2D eigenvalue weighted by Gasteiger charge is -2.12. The van der Waals surface area contributed by atoms with E-state index < -0.39 is 0 Å². The average molecular weight is 393 g/mol. The van der Waals surface area contributed by atoms with Crippen molar-refractivity contribution in [2.75, 3.05) is 6.54 Å². The Morgan fingerprint density at radius 3 is 3.04 bits per heavy atom. The molecule has 0 saturated heterocycles. The Morgan fingerprint density at radius 1 is 1.40 bits per heavy atom. The molecule has 25 heavy (non-hydrogen) atoms. The molecule has 0 saturated carbocycles. The molecule has 1 unspecified atom stereocenters. The highest BCUT2D eigenvalue weighted by Gasteiger charge is 2.18. The Hall–Kier alpha value is -1.83. The molecule has 0 radical (unpaired) electrons. The van der Waals surface area contributed by atoms with Gasteiger partial charge < -0.3 is 5.32 Å². The average Bonchev–Trinajstić information content (AvgIpc) is 3.26. The van der Waals surface area contributed by atoms with Gasteiger partial charge in [0.05, 0.1) is 10.9 Å². The van der Waals surface area contributed by atoms with Crippen molar-refractivity contribution in [3.8, 4) is 5.69 Å². The molecular formula is C17H17ClN4OS2. The summed E-state index contributed by atoms with van der Waals surface area (Å²) in [5, 5.41) is 14.1. The molecular weight excluding hydrogens is 376 g/mol. The van der Waals surface area contributed by atoms with Crippen LogP contribution in [0.2, 0.25) is 5.02 Å². The zero-order chi connectivity index (χ0) is 17.6. The normalized spacial score (nSPS) is 12.1. The van der Waals surface area contributed by atoms with Gasteiger partial charge in [0.25, 0.3) is 0 Å². The highest BCUT2D eigenvalue weighted by Crippen LogP contribution is 2.25. The first-order valence-corrected chi connectivity index (χ1v) is 9.90. The minimum absolute atomic E-state index is 0.0119. The number of carbonyl (C=O) groups excluding carboxylic acids is 1. The number of halogens is 1. The van der Waals surface area contributed by atoms with E-state index in [4.69, 9.17) is 11.6 Å². The third-order valence-corrected chi connectivity index (χ3v) is 5.73. The molecule has 3 aromatic rings. The van der Waals surface area contributed by atoms with E-state index in [0.29, 0.717) is 16.7 Å². The Bertz CT molecular complexity index is 835. The van der Waals surface area contributed by atoms with E-state index in [9.17, 15) is 4.79 Å². The van der Waals surface area contributed by atoms with Crippen LogP contribution in [0.15, 0.2) is 53.3 Å². The lowest BCUT2D eigenvalue weighted by molar-refractivity contribution is -0.120. The Morgan fingerprint density at radius 2 is 2.28 bits per heavy atom. The molecule has 5 nitrogen and oxygen atoms in total. The fraction of sp³-hybridized carbons (Fsp3) is 0.235. The number of carbonyl (C=O) groups is 1. The number of hydrogen-bond donors (Lipinski definition) is 1. The van der Waals surface area contributed by atoms with Gasteiger partial charge in [-0.15, -0.1) is 21.5 Å². The third kappa shape index (κ3) is 4.84. The van der Waals surface area contributed by atoms with E-state index in [1.807, 2.05) is 47.2 Å². The number of thiophene rings is 1. The minimum Gasteiger partial charge on any atom is -0.355 e. The van der Waals surface area contributed by atoms with Crippen molar-refractivity contribution in [3.05, 3.63) is 58.0 Å². The molecule has 1 aromatic carbocycles. The monoisotopic (exact) mass is 392 g/mol. The second-order valence-corrected chi connectivity index (χ2v) is 8.12. The maximum Gasteiger partial charge on any atom is 0.233 e. The summed E-state index contributed by atoms with van der Waals surface area (Å²) in [6.07, 6.45) is 2.47. The molecule has 3 rings (SSSR count).